The summed E-state index contributed by atoms with van der Waals surface area (Å²) in [5, 5.41) is 7.03. The molecular formula is C23H30N4O2. The van der Waals surface area contributed by atoms with E-state index >= 15 is 0 Å². The molecule has 4 rings (SSSR count). The molecule has 1 saturated carbocycles. The van der Waals surface area contributed by atoms with Crippen molar-refractivity contribution in [1.82, 2.24) is 15.5 Å². The topological polar surface area (TPSA) is 66.0 Å². The first-order valence-corrected chi connectivity index (χ1v) is 10.7. The molecule has 6 nitrogen and oxygen atoms in total. The maximum absolute atomic E-state index is 10.8. The number of carbonyl (C=O) groups excluding carboxylic acids is 1. The lowest BCUT2D eigenvalue weighted by Gasteiger charge is -2.37. The van der Waals surface area contributed by atoms with Crippen LogP contribution in [0.5, 0.6) is 0 Å². The summed E-state index contributed by atoms with van der Waals surface area (Å²) in [5.74, 6) is 1.19. The molecule has 0 bridgehead atoms. The van der Waals surface area contributed by atoms with Crippen molar-refractivity contribution in [1.29, 1.82) is 0 Å². The first-order valence-electron chi connectivity index (χ1n) is 10.7. The van der Waals surface area contributed by atoms with Gasteiger partial charge >= 0.3 is 5.97 Å². The summed E-state index contributed by atoms with van der Waals surface area (Å²) >= 11 is 0. The van der Waals surface area contributed by atoms with Gasteiger partial charge in [-0.05, 0) is 56.0 Å². The Kier molecular flexibility index (Phi) is 5.89. The third-order valence-electron chi connectivity index (χ3n) is 6.28. The number of piperidine rings is 1. The first-order chi connectivity index (χ1) is 14.1. The van der Waals surface area contributed by atoms with Crippen molar-refractivity contribution < 1.29 is 9.53 Å². The van der Waals surface area contributed by atoms with E-state index in [4.69, 9.17) is 9.73 Å². The van der Waals surface area contributed by atoms with Gasteiger partial charge in [0.2, 0.25) is 0 Å². The van der Waals surface area contributed by atoms with Crippen LogP contribution in [0.25, 0.3) is 0 Å². The van der Waals surface area contributed by atoms with Gasteiger partial charge in [0.25, 0.3) is 0 Å². The van der Waals surface area contributed by atoms with Gasteiger partial charge in [0.05, 0.1) is 6.61 Å². The molecule has 1 aliphatic carbocycles. The number of rotatable bonds is 8. The third kappa shape index (κ3) is 4.17. The van der Waals surface area contributed by atoms with Crippen LogP contribution in [-0.2, 0) is 9.53 Å². The van der Waals surface area contributed by atoms with Crippen LogP contribution >= 0.6 is 0 Å². The van der Waals surface area contributed by atoms with E-state index < -0.39 is 0 Å². The van der Waals surface area contributed by atoms with Gasteiger partial charge in [-0.2, -0.15) is 0 Å². The number of fused-ring (bicyclic) bond motifs is 1. The van der Waals surface area contributed by atoms with E-state index in [9.17, 15) is 4.79 Å². The molecule has 2 heterocycles. The average molecular weight is 395 g/mol. The molecule has 1 saturated heterocycles. The highest BCUT2D eigenvalue weighted by molar-refractivity contribution is 6.01. The molecule has 29 heavy (non-hydrogen) atoms. The number of likely N-dealkylation sites (tertiary alicyclic amines) is 1. The summed E-state index contributed by atoms with van der Waals surface area (Å²) in [6.07, 6.45) is 6.37. The minimum Gasteiger partial charge on any atom is -0.466 e. The Morgan fingerprint density at radius 3 is 2.93 bits per heavy atom. The molecule has 3 aliphatic rings. The Morgan fingerprint density at radius 1 is 1.38 bits per heavy atom. The fourth-order valence-electron chi connectivity index (χ4n) is 4.56. The highest BCUT2D eigenvalue weighted by atomic mass is 16.5. The highest BCUT2D eigenvalue weighted by Crippen LogP contribution is 2.56. The van der Waals surface area contributed by atoms with Gasteiger partial charge in [-0.15, -0.1) is 0 Å². The zero-order valence-corrected chi connectivity index (χ0v) is 17.3. The number of carbonyl (C=O) groups is 1. The van der Waals surface area contributed by atoms with Crippen LogP contribution in [0.3, 0.4) is 0 Å². The summed E-state index contributed by atoms with van der Waals surface area (Å²) in [6, 6.07) is 12.4. The van der Waals surface area contributed by atoms with Gasteiger partial charge in [0, 0.05) is 43.7 Å². The Bertz CT molecular complexity index is 783. The zero-order chi connectivity index (χ0) is 20.3. The van der Waals surface area contributed by atoms with E-state index in [1.165, 1.54) is 12.5 Å². The summed E-state index contributed by atoms with van der Waals surface area (Å²) in [4.78, 5) is 18.5. The zero-order valence-electron chi connectivity index (χ0n) is 17.3. The second kappa shape index (κ2) is 8.56. The summed E-state index contributed by atoms with van der Waals surface area (Å²) in [6.45, 7) is 7.34. The van der Waals surface area contributed by atoms with E-state index in [1.54, 1.807) is 0 Å². The maximum Gasteiger partial charge on any atom is 0.302 e. The van der Waals surface area contributed by atoms with Crippen molar-refractivity contribution in [3.63, 3.8) is 0 Å². The number of ether oxygens (including phenoxy) is 1. The Morgan fingerprint density at radius 2 is 2.21 bits per heavy atom. The smallest absolute Gasteiger partial charge is 0.302 e. The number of aliphatic imine (C=N–C) groups is 1. The van der Waals surface area contributed by atoms with E-state index in [-0.39, 0.29) is 11.6 Å². The Balaban J connectivity index is 1.28. The second-order valence-corrected chi connectivity index (χ2v) is 8.14. The van der Waals surface area contributed by atoms with E-state index in [2.05, 4.69) is 40.8 Å². The fraction of sp³-hybridized carbons (Fsp3) is 0.565. The van der Waals surface area contributed by atoms with Crippen molar-refractivity contribution in [2.45, 2.75) is 51.2 Å². The minimum atomic E-state index is -0.195. The largest absolute Gasteiger partial charge is 0.466 e. The lowest BCUT2D eigenvalue weighted by molar-refractivity contribution is -0.141. The van der Waals surface area contributed by atoms with Gasteiger partial charge in [-0.25, -0.2) is 4.99 Å². The number of hydrogen-bond donors (Lipinski definition) is 2. The van der Waals surface area contributed by atoms with Crippen molar-refractivity contribution in [2.75, 3.05) is 26.2 Å². The molecule has 154 valence electrons. The predicted octanol–water partition coefficient (Wildman–Crippen LogP) is 2.26. The van der Waals surface area contributed by atoms with Crippen molar-refractivity contribution in [2.24, 2.45) is 10.9 Å². The molecule has 2 atom stereocenters. The molecule has 2 unspecified atom stereocenters. The van der Waals surface area contributed by atoms with Crippen molar-refractivity contribution in [3.8, 4) is 0 Å². The Hall–Kier alpha value is -2.36. The molecular weight excluding hydrogens is 364 g/mol. The maximum atomic E-state index is 10.8. The van der Waals surface area contributed by atoms with Crippen LogP contribution in [-0.4, -0.2) is 54.7 Å². The van der Waals surface area contributed by atoms with Crippen LogP contribution in [0, 0.1) is 18.1 Å². The van der Waals surface area contributed by atoms with Gasteiger partial charge in [-0.3, -0.25) is 9.69 Å². The first kappa shape index (κ1) is 19.9. The number of nitrogens with one attached hydrogen (secondary N) is 2. The molecule has 0 spiro atoms. The van der Waals surface area contributed by atoms with Gasteiger partial charge in [0.1, 0.15) is 11.5 Å². The molecule has 2 fully saturated rings. The second-order valence-electron chi connectivity index (χ2n) is 8.14. The summed E-state index contributed by atoms with van der Waals surface area (Å²) in [7, 11) is 0. The molecule has 2 N–H and O–H groups in total. The lowest BCUT2D eigenvalue weighted by Crippen LogP contribution is -2.49. The average Bonchev–Trinajstić information content (AvgIpc) is 3.36. The molecule has 0 amide bonds. The van der Waals surface area contributed by atoms with Crippen LogP contribution in [0.2, 0.25) is 0 Å². The molecule has 2 aliphatic heterocycles. The monoisotopic (exact) mass is 394 g/mol. The molecule has 0 aromatic heterocycles. The SMILES string of the molecule is CC(=O)OCCCCNC1CCN(C23N=C(c4cc#ccc4)NC=C2C3C)CC1. The number of hydrogen-bond acceptors (Lipinski definition) is 6. The fourth-order valence-corrected chi connectivity index (χ4v) is 4.56. The lowest BCUT2D eigenvalue weighted by atomic mass is 10.0. The predicted molar refractivity (Wildman–Crippen MR) is 112 cm³/mol. The van der Waals surface area contributed by atoms with Gasteiger partial charge in [-0.1, -0.05) is 19.1 Å². The Labute approximate surface area is 173 Å². The van der Waals surface area contributed by atoms with Crippen molar-refractivity contribution >= 4 is 11.8 Å². The van der Waals surface area contributed by atoms with E-state index in [1.807, 2.05) is 18.2 Å². The standard InChI is InChI=1S/C23H30N4O2/c1-17-21-16-25-22(19-8-4-3-5-9-19)26-23(17,21)27-13-10-20(11-14-27)24-12-6-7-15-29-18(2)28/h4,8-9,16-17,20,24H,6-7,10-15H2,1-2H3,(H,25,26). The minimum absolute atomic E-state index is 0.158. The molecule has 1 aromatic rings. The summed E-state index contributed by atoms with van der Waals surface area (Å²) < 4.78 is 4.98. The quantitative estimate of drug-likeness (QED) is 0.523. The van der Waals surface area contributed by atoms with E-state index in [0.29, 0.717) is 18.6 Å². The van der Waals surface area contributed by atoms with Crippen LogP contribution in [0.15, 0.2) is 35.0 Å². The van der Waals surface area contributed by atoms with E-state index in [0.717, 1.165) is 56.7 Å². The van der Waals surface area contributed by atoms with Crippen LogP contribution in [0.1, 0.15) is 45.1 Å². The third-order valence-corrected chi connectivity index (χ3v) is 6.28. The molecule has 0 radical (unpaired) electrons. The van der Waals surface area contributed by atoms with Gasteiger partial charge in [0.15, 0.2) is 0 Å². The normalized spacial score (nSPS) is 26.5. The van der Waals surface area contributed by atoms with Crippen LogP contribution in [0.4, 0.5) is 0 Å². The number of nitrogens with zero attached hydrogens (tertiary/aromatic N) is 2. The van der Waals surface area contributed by atoms with Crippen LogP contribution < -0.4 is 10.6 Å². The summed E-state index contributed by atoms with van der Waals surface area (Å²) in [5.41, 5.74) is 2.29. The van der Waals surface area contributed by atoms with Gasteiger partial charge < -0.3 is 15.4 Å². The number of esters is 1. The number of unbranched alkanes of at least 4 members (excludes halogenated alkanes) is 1. The molecule has 1 aromatic carbocycles. The molecule has 6 heteroatoms. The van der Waals surface area contributed by atoms with Crippen molar-refractivity contribution in [3.05, 3.63) is 47.7 Å². The number of amidine groups is 1. The highest BCUT2D eigenvalue weighted by Gasteiger charge is 2.63.